The molecular weight excluding hydrogens is 384 g/mol. The van der Waals surface area contributed by atoms with E-state index in [0.29, 0.717) is 0 Å². The molecule has 4 rings (SSSR count). The number of fused-ring (bicyclic) bond motifs is 1. The Hall–Kier alpha value is -2.91. The summed E-state index contributed by atoms with van der Waals surface area (Å²) < 4.78 is 1.08. The van der Waals surface area contributed by atoms with Gasteiger partial charge in [0, 0.05) is 15.6 Å². The predicted octanol–water partition coefficient (Wildman–Crippen LogP) is 6.47. The van der Waals surface area contributed by atoms with Gasteiger partial charge in [0.2, 0.25) is 0 Å². The highest BCUT2D eigenvalue weighted by Crippen LogP contribution is 2.23. The Balaban J connectivity index is 1.70. The van der Waals surface area contributed by atoms with E-state index in [2.05, 4.69) is 76.0 Å². The number of hydrazone groups is 1. The first-order valence-electron chi connectivity index (χ1n) is 8.43. The van der Waals surface area contributed by atoms with E-state index in [1.54, 1.807) is 0 Å². The predicted molar refractivity (Wildman–Crippen MR) is 114 cm³/mol. The number of hydrogen-bond acceptors (Lipinski definition) is 2. The van der Waals surface area contributed by atoms with Crippen molar-refractivity contribution in [2.24, 2.45) is 5.10 Å². The summed E-state index contributed by atoms with van der Waals surface area (Å²) in [6.45, 7) is 0. The molecular formula is C23H17BrN2. The number of halogens is 1. The highest BCUT2D eigenvalue weighted by Gasteiger charge is 2.06. The summed E-state index contributed by atoms with van der Waals surface area (Å²) in [4.78, 5) is 0. The topological polar surface area (TPSA) is 24.4 Å². The van der Waals surface area contributed by atoms with Gasteiger partial charge in [-0.2, -0.15) is 5.10 Å². The Morgan fingerprint density at radius 2 is 1.23 bits per heavy atom. The molecule has 0 atom stereocenters. The third-order valence-electron chi connectivity index (χ3n) is 4.19. The molecule has 0 unspecified atom stereocenters. The van der Waals surface area contributed by atoms with E-state index in [0.717, 1.165) is 27.0 Å². The number of anilines is 1. The number of nitrogens with one attached hydrogen (secondary N) is 1. The van der Waals surface area contributed by atoms with Crippen molar-refractivity contribution in [2.45, 2.75) is 0 Å². The van der Waals surface area contributed by atoms with Crippen LogP contribution >= 0.6 is 15.9 Å². The van der Waals surface area contributed by atoms with Gasteiger partial charge in [-0.3, -0.25) is 5.43 Å². The molecule has 0 spiro atoms. The smallest absolute Gasteiger partial charge is 0.0977 e. The molecule has 0 amide bonds. The van der Waals surface area contributed by atoms with Gasteiger partial charge in [-0.05, 0) is 35.0 Å². The van der Waals surface area contributed by atoms with Gasteiger partial charge < -0.3 is 0 Å². The number of rotatable bonds is 4. The molecule has 0 aliphatic heterocycles. The molecule has 2 nitrogen and oxygen atoms in total. The zero-order valence-electron chi connectivity index (χ0n) is 14.1. The zero-order valence-corrected chi connectivity index (χ0v) is 15.6. The van der Waals surface area contributed by atoms with Gasteiger partial charge in [0.15, 0.2) is 0 Å². The quantitative estimate of drug-likeness (QED) is 0.308. The zero-order chi connectivity index (χ0) is 17.8. The van der Waals surface area contributed by atoms with Gasteiger partial charge in [-0.25, -0.2) is 0 Å². The fraction of sp³-hybridized carbons (Fsp3) is 0. The molecule has 0 bridgehead atoms. The van der Waals surface area contributed by atoms with Crippen LogP contribution in [0.25, 0.3) is 10.8 Å². The first-order chi connectivity index (χ1) is 12.8. The monoisotopic (exact) mass is 400 g/mol. The van der Waals surface area contributed by atoms with Gasteiger partial charge in [-0.1, -0.05) is 88.7 Å². The van der Waals surface area contributed by atoms with Crippen LogP contribution in [0, 0.1) is 0 Å². The lowest BCUT2D eigenvalue weighted by Crippen LogP contribution is -2.06. The summed E-state index contributed by atoms with van der Waals surface area (Å²) in [7, 11) is 0. The van der Waals surface area contributed by atoms with Crippen LogP contribution in [0.3, 0.4) is 0 Å². The maximum Gasteiger partial charge on any atom is 0.0977 e. The molecule has 0 fully saturated rings. The minimum Gasteiger partial charge on any atom is -0.278 e. The number of benzene rings is 4. The SMILES string of the molecule is Brc1ccc2cc(NN=C(c3ccccc3)c3ccccc3)ccc2c1. The number of hydrogen-bond donors (Lipinski definition) is 1. The van der Waals surface area contributed by atoms with Crippen LogP contribution in [0.15, 0.2) is 107 Å². The van der Waals surface area contributed by atoms with E-state index in [4.69, 9.17) is 5.10 Å². The van der Waals surface area contributed by atoms with Crippen LogP contribution < -0.4 is 5.43 Å². The summed E-state index contributed by atoms with van der Waals surface area (Å²) in [5.41, 5.74) is 7.26. The van der Waals surface area contributed by atoms with E-state index >= 15 is 0 Å². The lowest BCUT2D eigenvalue weighted by atomic mass is 10.0. The summed E-state index contributed by atoms with van der Waals surface area (Å²) in [5, 5.41) is 7.09. The van der Waals surface area contributed by atoms with Gasteiger partial charge in [0.05, 0.1) is 11.4 Å². The van der Waals surface area contributed by atoms with Crippen LogP contribution in [0.2, 0.25) is 0 Å². The van der Waals surface area contributed by atoms with Crippen molar-refractivity contribution < 1.29 is 0 Å². The Morgan fingerprint density at radius 1 is 0.654 bits per heavy atom. The molecule has 1 N–H and O–H groups in total. The summed E-state index contributed by atoms with van der Waals surface area (Å²) in [6, 6.07) is 33.0. The lowest BCUT2D eigenvalue weighted by molar-refractivity contribution is 1.33. The molecule has 0 aliphatic carbocycles. The molecule has 26 heavy (non-hydrogen) atoms. The molecule has 126 valence electrons. The second-order valence-corrected chi connectivity index (χ2v) is 6.93. The lowest BCUT2D eigenvalue weighted by Gasteiger charge is -2.09. The van der Waals surface area contributed by atoms with Crippen molar-refractivity contribution in [1.82, 2.24) is 0 Å². The third kappa shape index (κ3) is 3.68. The van der Waals surface area contributed by atoms with E-state index in [1.165, 1.54) is 10.8 Å². The standard InChI is InChI=1S/C23H17BrN2/c24-21-13-11-20-16-22(14-12-19(20)15-21)25-26-23(17-7-3-1-4-8-17)18-9-5-2-6-10-18/h1-16,25H. The highest BCUT2D eigenvalue weighted by molar-refractivity contribution is 9.10. The fourth-order valence-corrected chi connectivity index (χ4v) is 3.27. The average Bonchev–Trinajstić information content (AvgIpc) is 2.70. The second kappa shape index (κ2) is 7.54. The average molecular weight is 401 g/mol. The molecule has 4 aromatic carbocycles. The minimum absolute atomic E-state index is 0.919. The Bertz CT molecular complexity index is 1020. The van der Waals surface area contributed by atoms with Gasteiger partial charge in [0.1, 0.15) is 0 Å². The van der Waals surface area contributed by atoms with E-state index < -0.39 is 0 Å². The summed E-state index contributed by atoms with van der Waals surface area (Å²) in [5.74, 6) is 0. The van der Waals surface area contributed by atoms with Crippen LogP contribution in [0.5, 0.6) is 0 Å². The van der Waals surface area contributed by atoms with Crippen LogP contribution in [-0.2, 0) is 0 Å². The van der Waals surface area contributed by atoms with Gasteiger partial charge >= 0.3 is 0 Å². The molecule has 0 aliphatic rings. The van der Waals surface area contributed by atoms with Crippen molar-refractivity contribution in [3.05, 3.63) is 113 Å². The van der Waals surface area contributed by atoms with Crippen LogP contribution in [-0.4, -0.2) is 5.71 Å². The molecule has 0 saturated heterocycles. The van der Waals surface area contributed by atoms with Crippen molar-refractivity contribution in [2.75, 3.05) is 5.43 Å². The number of nitrogens with zero attached hydrogens (tertiary/aromatic N) is 1. The summed E-state index contributed by atoms with van der Waals surface area (Å²) in [6.07, 6.45) is 0. The molecule has 0 radical (unpaired) electrons. The van der Waals surface area contributed by atoms with Gasteiger partial charge in [-0.15, -0.1) is 0 Å². The molecule has 0 heterocycles. The fourth-order valence-electron chi connectivity index (χ4n) is 2.89. The van der Waals surface area contributed by atoms with E-state index in [-0.39, 0.29) is 0 Å². The minimum atomic E-state index is 0.919. The van der Waals surface area contributed by atoms with Crippen molar-refractivity contribution in [3.63, 3.8) is 0 Å². The normalized spacial score (nSPS) is 10.5. The van der Waals surface area contributed by atoms with Crippen LogP contribution in [0.4, 0.5) is 5.69 Å². The third-order valence-corrected chi connectivity index (χ3v) is 4.69. The van der Waals surface area contributed by atoms with Crippen molar-refractivity contribution >= 4 is 38.1 Å². The van der Waals surface area contributed by atoms with E-state index in [9.17, 15) is 0 Å². The first kappa shape index (κ1) is 16.6. The van der Waals surface area contributed by atoms with Crippen molar-refractivity contribution in [1.29, 1.82) is 0 Å². The molecule has 4 aromatic rings. The second-order valence-electron chi connectivity index (χ2n) is 6.01. The Morgan fingerprint density at radius 3 is 1.88 bits per heavy atom. The van der Waals surface area contributed by atoms with E-state index in [1.807, 2.05) is 42.5 Å². The van der Waals surface area contributed by atoms with Gasteiger partial charge in [0.25, 0.3) is 0 Å². The molecule has 0 aromatic heterocycles. The molecule has 3 heteroatoms. The maximum atomic E-state index is 4.72. The summed E-state index contributed by atoms with van der Waals surface area (Å²) >= 11 is 3.51. The van der Waals surface area contributed by atoms with Crippen molar-refractivity contribution in [3.8, 4) is 0 Å². The largest absolute Gasteiger partial charge is 0.278 e. The molecule has 0 saturated carbocycles. The Kier molecular flexibility index (Phi) is 4.80. The van der Waals surface area contributed by atoms with Crippen LogP contribution in [0.1, 0.15) is 11.1 Å². The maximum absolute atomic E-state index is 4.72. The highest BCUT2D eigenvalue weighted by atomic mass is 79.9. The first-order valence-corrected chi connectivity index (χ1v) is 9.23. The Labute approximate surface area is 161 Å².